The molecule has 1 fully saturated rings. The Morgan fingerprint density at radius 3 is 2.50 bits per heavy atom. The van der Waals surface area contributed by atoms with Crippen LogP contribution in [0.15, 0.2) is 30.3 Å². The molecule has 1 aromatic carbocycles. The molecular weight excluding hydrogens is 304 g/mol. The molecule has 0 saturated carbocycles. The highest BCUT2D eigenvalue weighted by molar-refractivity contribution is 7.91. The summed E-state index contributed by atoms with van der Waals surface area (Å²) in [5.74, 6) is -1.49. The smallest absolute Gasteiger partial charge is 0.309 e. The highest BCUT2D eigenvalue weighted by atomic mass is 32.2. The Morgan fingerprint density at radius 2 is 1.86 bits per heavy atom. The highest BCUT2D eigenvalue weighted by Crippen LogP contribution is 2.10. The summed E-state index contributed by atoms with van der Waals surface area (Å²) in [5.41, 5.74) is 1.18. The predicted octanol–water partition coefficient (Wildman–Crippen LogP) is 0.0387. The Morgan fingerprint density at radius 1 is 1.14 bits per heavy atom. The molecule has 7 heteroatoms. The van der Waals surface area contributed by atoms with Crippen molar-refractivity contribution >= 4 is 21.7 Å². The molecule has 0 aliphatic carbocycles. The van der Waals surface area contributed by atoms with Crippen LogP contribution in [0, 0.1) is 0 Å². The molecule has 1 heterocycles. The molecule has 1 aromatic rings. The van der Waals surface area contributed by atoms with Crippen LogP contribution < -0.4 is 10.6 Å². The maximum atomic E-state index is 11.7. The molecule has 0 radical (unpaired) electrons. The van der Waals surface area contributed by atoms with Crippen LogP contribution in [0.25, 0.3) is 0 Å². The molecule has 1 aliphatic rings. The van der Waals surface area contributed by atoms with Crippen molar-refractivity contribution in [3.8, 4) is 0 Å². The topological polar surface area (TPSA) is 92.3 Å². The zero-order valence-corrected chi connectivity index (χ0v) is 13.1. The van der Waals surface area contributed by atoms with E-state index < -0.39 is 27.7 Å². The third-order valence-electron chi connectivity index (χ3n) is 3.54. The number of amides is 2. The predicted molar refractivity (Wildman–Crippen MR) is 83.0 cm³/mol. The average Bonchev–Trinajstić information content (AvgIpc) is 2.83. The Kier molecular flexibility index (Phi) is 5.54. The van der Waals surface area contributed by atoms with Gasteiger partial charge in [0.2, 0.25) is 0 Å². The van der Waals surface area contributed by atoms with E-state index in [4.69, 9.17) is 0 Å². The number of hydrogen-bond acceptors (Lipinski definition) is 4. The second-order valence-corrected chi connectivity index (χ2v) is 7.65. The molecule has 2 N–H and O–H groups in total. The summed E-state index contributed by atoms with van der Waals surface area (Å²) in [5, 5.41) is 5.01. The number of rotatable bonds is 5. The molecule has 2 rings (SSSR count). The first-order chi connectivity index (χ1) is 10.5. The number of benzene rings is 1. The third kappa shape index (κ3) is 5.14. The van der Waals surface area contributed by atoms with E-state index in [1.807, 2.05) is 30.3 Å². The lowest BCUT2D eigenvalue weighted by Gasteiger charge is -2.10. The standard InChI is InChI=1S/C15H20N2O4S/c18-14(15(19)17-13-8-10-22(20,21)11-13)16-9-4-7-12-5-2-1-3-6-12/h1-3,5-6,13H,4,7-11H2,(H,16,18)(H,17,19). The number of carbonyl (C=O) groups excluding carboxylic acids is 2. The minimum atomic E-state index is -3.06. The van der Waals surface area contributed by atoms with Crippen LogP contribution in [0.2, 0.25) is 0 Å². The van der Waals surface area contributed by atoms with Crippen molar-refractivity contribution in [2.24, 2.45) is 0 Å². The number of nitrogens with one attached hydrogen (secondary N) is 2. The van der Waals surface area contributed by atoms with E-state index in [2.05, 4.69) is 10.6 Å². The van der Waals surface area contributed by atoms with Crippen molar-refractivity contribution in [2.75, 3.05) is 18.1 Å². The van der Waals surface area contributed by atoms with E-state index in [9.17, 15) is 18.0 Å². The van der Waals surface area contributed by atoms with Gasteiger partial charge in [-0.1, -0.05) is 30.3 Å². The molecule has 2 amide bonds. The fraction of sp³-hybridized carbons (Fsp3) is 0.467. The van der Waals surface area contributed by atoms with Crippen LogP contribution in [0.5, 0.6) is 0 Å². The van der Waals surface area contributed by atoms with Crippen molar-refractivity contribution in [1.29, 1.82) is 0 Å². The third-order valence-corrected chi connectivity index (χ3v) is 5.31. The van der Waals surface area contributed by atoms with E-state index in [1.165, 1.54) is 5.56 Å². The molecule has 1 aliphatic heterocycles. The average molecular weight is 324 g/mol. The van der Waals surface area contributed by atoms with E-state index in [0.29, 0.717) is 13.0 Å². The first-order valence-corrected chi connectivity index (χ1v) is 9.11. The van der Waals surface area contributed by atoms with Crippen LogP contribution in [0.4, 0.5) is 0 Å². The maximum absolute atomic E-state index is 11.7. The Labute approximate surface area is 130 Å². The summed E-state index contributed by atoms with van der Waals surface area (Å²) in [7, 11) is -3.06. The zero-order chi connectivity index (χ0) is 16.0. The summed E-state index contributed by atoms with van der Waals surface area (Å²) >= 11 is 0. The van der Waals surface area contributed by atoms with Crippen molar-refractivity contribution < 1.29 is 18.0 Å². The molecule has 1 saturated heterocycles. The van der Waals surface area contributed by atoms with Gasteiger partial charge in [0, 0.05) is 12.6 Å². The fourth-order valence-corrected chi connectivity index (χ4v) is 4.05. The minimum Gasteiger partial charge on any atom is -0.348 e. The number of carbonyl (C=O) groups is 2. The quantitative estimate of drug-likeness (QED) is 0.591. The number of aryl methyl sites for hydroxylation is 1. The highest BCUT2D eigenvalue weighted by Gasteiger charge is 2.30. The lowest BCUT2D eigenvalue weighted by atomic mass is 10.1. The minimum absolute atomic E-state index is 0.0661. The number of hydrogen-bond donors (Lipinski definition) is 2. The maximum Gasteiger partial charge on any atom is 0.309 e. The first-order valence-electron chi connectivity index (χ1n) is 7.29. The van der Waals surface area contributed by atoms with Gasteiger partial charge in [-0.3, -0.25) is 9.59 Å². The van der Waals surface area contributed by atoms with Crippen molar-refractivity contribution in [2.45, 2.75) is 25.3 Å². The van der Waals surface area contributed by atoms with Gasteiger partial charge in [-0.05, 0) is 24.8 Å². The summed E-state index contributed by atoms with van der Waals surface area (Å²) in [6.45, 7) is 0.407. The molecule has 0 aromatic heterocycles. The van der Waals surface area contributed by atoms with Gasteiger partial charge in [-0.2, -0.15) is 0 Å². The molecule has 6 nitrogen and oxygen atoms in total. The van der Waals surface area contributed by atoms with Gasteiger partial charge < -0.3 is 10.6 Å². The first kappa shape index (κ1) is 16.5. The van der Waals surface area contributed by atoms with Crippen LogP contribution in [0.3, 0.4) is 0 Å². The monoisotopic (exact) mass is 324 g/mol. The van der Waals surface area contributed by atoms with Gasteiger partial charge >= 0.3 is 11.8 Å². The molecule has 22 heavy (non-hydrogen) atoms. The molecule has 120 valence electrons. The van der Waals surface area contributed by atoms with E-state index >= 15 is 0 Å². The molecule has 0 bridgehead atoms. The second-order valence-electron chi connectivity index (χ2n) is 5.42. The van der Waals surface area contributed by atoms with Gasteiger partial charge in [-0.25, -0.2) is 8.42 Å². The van der Waals surface area contributed by atoms with Crippen molar-refractivity contribution in [1.82, 2.24) is 10.6 Å². The fourth-order valence-electron chi connectivity index (χ4n) is 2.38. The van der Waals surface area contributed by atoms with E-state index in [0.717, 1.165) is 12.8 Å². The van der Waals surface area contributed by atoms with Gasteiger partial charge in [0.25, 0.3) is 0 Å². The van der Waals surface area contributed by atoms with Gasteiger partial charge in [-0.15, -0.1) is 0 Å². The SMILES string of the molecule is O=C(NCCCc1ccccc1)C(=O)NC1CCS(=O)(=O)C1. The van der Waals surface area contributed by atoms with Gasteiger partial charge in [0.1, 0.15) is 0 Å². The van der Waals surface area contributed by atoms with Crippen molar-refractivity contribution in [3.63, 3.8) is 0 Å². The molecular formula is C15H20N2O4S. The van der Waals surface area contributed by atoms with Crippen LogP contribution in [-0.4, -0.2) is 44.3 Å². The Hall–Kier alpha value is -1.89. The van der Waals surface area contributed by atoms with Crippen LogP contribution in [-0.2, 0) is 25.8 Å². The van der Waals surface area contributed by atoms with Gasteiger partial charge in [0.05, 0.1) is 11.5 Å². The summed E-state index contributed by atoms with van der Waals surface area (Å²) in [6.07, 6.45) is 1.93. The Balaban J connectivity index is 1.65. The van der Waals surface area contributed by atoms with Crippen LogP contribution in [0.1, 0.15) is 18.4 Å². The molecule has 0 spiro atoms. The second kappa shape index (κ2) is 7.40. The molecule has 1 atom stereocenters. The zero-order valence-electron chi connectivity index (χ0n) is 12.2. The number of sulfone groups is 1. The summed E-state index contributed by atoms with van der Waals surface area (Å²) in [4.78, 5) is 23.3. The van der Waals surface area contributed by atoms with Crippen LogP contribution >= 0.6 is 0 Å². The van der Waals surface area contributed by atoms with E-state index in [1.54, 1.807) is 0 Å². The van der Waals surface area contributed by atoms with Gasteiger partial charge in [0.15, 0.2) is 9.84 Å². The summed E-state index contributed by atoms with van der Waals surface area (Å²) in [6, 6.07) is 9.42. The lowest BCUT2D eigenvalue weighted by Crippen LogP contribution is -2.45. The van der Waals surface area contributed by atoms with E-state index in [-0.39, 0.29) is 11.5 Å². The lowest BCUT2D eigenvalue weighted by molar-refractivity contribution is -0.139. The summed E-state index contributed by atoms with van der Waals surface area (Å²) < 4.78 is 22.6. The normalized spacial score (nSPS) is 19.5. The Bertz CT molecular complexity index is 628. The largest absolute Gasteiger partial charge is 0.348 e. The molecule has 1 unspecified atom stereocenters. The van der Waals surface area contributed by atoms with Crippen molar-refractivity contribution in [3.05, 3.63) is 35.9 Å².